The minimum absolute atomic E-state index is 0.0156. The van der Waals surface area contributed by atoms with Gasteiger partial charge in [0.05, 0.1) is 85.1 Å². The van der Waals surface area contributed by atoms with E-state index < -0.39 is 169 Å². The number of aliphatic hydroxyl groups is 7. The first-order valence-electron chi connectivity index (χ1n) is 30.2. The van der Waals surface area contributed by atoms with Crippen LogP contribution in [0.2, 0.25) is 0 Å². The zero-order valence-corrected chi connectivity index (χ0v) is 50.4. The highest BCUT2D eigenvalue weighted by Gasteiger charge is 2.58. The Morgan fingerprint density at radius 1 is 0.810 bits per heavy atom. The van der Waals surface area contributed by atoms with Crippen LogP contribution >= 0.6 is 0 Å². The Kier molecular flexibility index (Phi) is 23.0. The van der Waals surface area contributed by atoms with Crippen molar-refractivity contribution in [3.8, 4) is 0 Å². The number of aliphatic hydroxyl groups excluding tert-OH is 5. The number of methoxy groups -OCH3 is 1. The fraction of sp³-hybridized carbons (Fsp3) is 0.778. The summed E-state index contributed by atoms with van der Waals surface area (Å²) in [7, 11) is 1.57. The Bertz CT molecular complexity index is 2370. The van der Waals surface area contributed by atoms with Crippen molar-refractivity contribution in [2.45, 2.75) is 278 Å². The second-order valence-corrected chi connectivity index (χ2v) is 25.8. The quantitative estimate of drug-likeness (QED) is 0.0663. The molecule has 84 heavy (non-hydrogen) atoms. The minimum atomic E-state index is -2.39. The van der Waals surface area contributed by atoms with E-state index in [2.05, 4.69) is 19.7 Å². The molecule has 7 heterocycles. The van der Waals surface area contributed by atoms with E-state index in [1.807, 2.05) is 12.2 Å². The summed E-state index contributed by atoms with van der Waals surface area (Å²) in [6, 6.07) is 0. The minimum Gasteiger partial charge on any atom is -0.462 e. The standard InChI is InChI=1S/C63H96O21/c1-12-13-17-42(66)20-34(2)21-53-55(71)57-39(7)58(78-53)59(72)63(74)32-51(69)37(5)52(84-63)19-16-14-15-18-44-23-43(67)28-61(80-44)30-47(75-11)24-45(81-61)26-50(68)38(6)56(77-41(9)65)36(4)35(3)22-49-29-60(10,73)33-62(83-49)31-48(76-40(8)64)25-46(82-62)27-54(70)79-57/h12-13,15,17-18,36-39,42-49,51-53,55-59,66-67,69,71-74H,1-3,14,16,19-33H2,4-11H3/b17-13+,18-15?/t36-,37-,38-,39-,42-,43+,44+,45+,46-,47+,48+,49+,51+,52-,53-,55-,56+,57-,58-,59+,60+,61+,62-,63-/m1/s1. The van der Waals surface area contributed by atoms with E-state index in [1.165, 1.54) is 26.0 Å². The Balaban J connectivity index is 1.22. The number of hydrogen-bond acceptors (Lipinski definition) is 21. The van der Waals surface area contributed by atoms with Crippen LogP contribution in [0.1, 0.15) is 158 Å². The van der Waals surface area contributed by atoms with Crippen molar-refractivity contribution in [3.63, 3.8) is 0 Å². The van der Waals surface area contributed by atoms with Crippen molar-refractivity contribution in [1.82, 2.24) is 0 Å². The predicted octanol–water partition coefficient (Wildman–Crippen LogP) is 5.34. The van der Waals surface area contributed by atoms with Crippen LogP contribution in [0.4, 0.5) is 0 Å². The number of fused-ring (bicyclic) bond motifs is 8. The van der Waals surface area contributed by atoms with Gasteiger partial charge in [-0.2, -0.15) is 0 Å². The molecular formula is C63H96O21. The van der Waals surface area contributed by atoms with Gasteiger partial charge < -0.3 is 83.1 Å². The molecule has 0 aromatic carbocycles. The molecule has 6 saturated heterocycles. The van der Waals surface area contributed by atoms with E-state index in [1.54, 1.807) is 47.8 Å². The molecule has 7 aliphatic rings. The predicted molar refractivity (Wildman–Crippen MR) is 303 cm³/mol. The molecule has 6 fully saturated rings. The molecule has 0 aromatic rings. The summed E-state index contributed by atoms with van der Waals surface area (Å²) in [6.07, 6.45) is -6.46. The number of Topliss-reactive ketones (excluding diaryl/α,β-unsaturated/α-hetero) is 1. The highest BCUT2D eigenvalue weighted by atomic mass is 16.7. The zero-order valence-electron chi connectivity index (χ0n) is 50.4. The average molecular weight is 1190 g/mol. The Labute approximate surface area is 494 Å². The third-order valence-electron chi connectivity index (χ3n) is 18.3. The van der Waals surface area contributed by atoms with Crippen LogP contribution in [-0.4, -0.2) is 187 Å². The first-order valence-corrected chi connectivity index (χ1v) is 30.2. The van der Waals surface area contributed by atoms with Gasteiger partial charge in [0.2, 0.25) is 0 Å². The number of ether oxygens (including phenoxy) is 10. The van der Waals surface area contributed by atoms with Gasteiger partial charge in [0.15, 0.2) is 17.4 Å². The number of rotatable bonds is 9. The van der Waals surface area contributed by atoms with Crippen molar-refractivity contribution >= 4 is 23.7 Å². The average Bonchev–Trinajstić information content (AvgIpc) is 1.09. The molecule has 474 valence electrons. The Morgan fingerprint density at radius 3 is 2.17 bits per heavy atom. The fourth-order valence-corrected chi connectivity index (χ4v) is 14.1. The molecule has 7 N–H and O–H groups in total. The number of ketones is 1. The molecule has 0 radical (unpaired) electrons. The molecule has 0 aliphatic carbocycles. The van der Waals surface area contributed by atoms with Gasteiger partial charge >= 0.3 is 17.9 Å². The topological polar surface area (TPSA) is 302 Å². The number of allylic oxidation sites excluding steroid dienone is 3. The largest absolute Gasteiger partial charge is 0.462 e. The van der Waals surface area contributed by atoms with Crippen LogP contribution < -0.4 is 0 Å². The van der Waals surface area contributed by atoms with Crippen molar-refractivity contribution in [2.24, 2.45) is 23.7 Å². The van der Waals surface area contributed by atoms with Gasteiger partial charge in [0.25, 0.3) is 0 Å². The molecule has 21 nitrogen and oxygen atoms in total. The van der Waals surface area contributed by atoms with E-state index in [4.69, 9.17) is 47.4 Å². The highest BCUT2D eigenvalue weighted by molar-refractivity contribution is 5.82. The lowest BCUT2D eigenvalue weighted by Crippen LogP contribution is -2.65. The SMILES string of the molecule is C=C/C=C/[C@@H](O)CC(=C)C[C@H]1O[C@@H]2[C@H](C)[C@@H](OC(=O)C[C@H]3C[C@H](OC(C)=O)C[C@@]4(C[C@@](C)(O)C[C@H](CC(=C)[C@@H](C)[C@H](OC(C)=O)[C@H](C)C(=O)C[C@@H]5C[C@H](OC)C[C@]6(C[C@@H](O)C[C@H](C=CCCC[C@H]7O[C@](O)(C[C@H](O)[C@H]7C)[C@H]2O)O6)O5)O4)O3)[C@@H]1O. The lowest BCUT2D eigenvalue weighted by Gasteiger charge is -2.52. The smallest absolute Gasteiger partial charge is 0.308 e. The monoisotopic (exact) mass is 1190 g/mol. The van der Waals surface area contributed by atoms with E-state index in [0.717, 1.165) is 0 Å². The third-order valence-corrected chi connectivity index (χ3v) is 18.3. The maximum atomic E-state index is 14.4. The summed E-state index contributed by atoms with van der Waals surface area (Å²) in [4.78, 5) is 54.3. The highest BCUT2D eigenvalue weighted by Crippen LogP contribution is 2.48. The summed E-state index contributed by atoms with van der Waals surface area (Å²) in [5.41, 5.74) is -0.456. The Hall–Kier alpha value is -3.78. The summed E-state index contributed by atoms with van der Waals surface area (Å²) < 4.78 is 63.4. The van der Waals surface area contributed by atoms with Crippen molar-refractivity contribution in [2.75, 3.05) is 7.11 Å². The van der Waals surface area contributed by atoms with Crippen molar-refractivity contribution in [3.05, 3.63) is 61.3 Å². The van der Waals surface area contributed by atoms with Gasteiger partial charge in [-0.1, -0.05) is 89.0 Å². The molecular weight excluding hydrogens is 1090 g/mol. The molecule has 0 amide bonds. The molecule has 0 aromatic heterocycles. The van der Waals surface area contributed by atoms with Gasteiger partial charge in [0, 0.05) is 103 Å². The van der Waals surface area contributed by atoms with Crippen LogP contribution in [0.3, 0.4) is 0 Å². The van der Waals surface area contributed by atoms with Gasteiger partial charge in [-0.25, -0.2) is 0 Å². The zero-order chi connectivity index (χ0) is 61.6. The second-order valence-electron chi connectivity index (χ2n) is 25.8. The molecule has 24 atom stereocenters. The first-order chi connectivity index (χ1) is 39.4. The van der Waals surface area contributed by atoms with Crippen molar-refractivity contribution in [1.29, 1.82) is 0 Å². The summed E-state index contributed by atoms with van der Waals surface area (Å²) >= 11 is 0. The van der Waals surface area contributed by atoms with Crippen LogP contribution in [0.15, 0.2) is 61.3 Å². The first kappa shape index (κ1) is 67.7. The maximum absolute atomic E-state index is 14.4. The van der Waals surface area contributed by atoms with Gasteiger partial charge in [-0.15, -0.1) is 0 Å². The van der Waals surface area contributed by atoms with Gasteiger partial charge in [-0.3, -0.25) is 19.2 Å². The maximum Gasteiger partial charge on any atom is 0.308 e. The van der Waals surface area contributed by atoms with Crippen LogP contribution in [-0.2, 0) is 66.5 Å². The summed E-state index contributed by atoms with van der Waals surface area (Å²) in [5, 5.41) is 82.3. The van der Waals surface area contributed by atoms with E-state index in [-0.39, 0.29) is 76.1 Å². The number of esters is 3. The number of hydrogen-bond donors (Lipinski definition) is 7. The molecule has 2 spiro atoms. The van der Waals surface area contributed by atoms with Crippen LogP contribution in [0.25, 0.3) is 0 Å². The van der Waals surface area contributed by atoms with E-state index in [0.29, 0.717) is 43.3 Å². The normalized spacial score (nSPS) is 44.5. The van der Waals surface area contributed by atoms with E-state index >= 15 is 0 Å². The molecule has 0 saturated carbocycles. The summed E-state index contributed by atoms with van der Waals surface area (Å²) in [5.74, 6) is -10.6. The number of carbonyl (C=O) groups is 4. The van der Waals surface area contributed by atoms with E-state index in [9.17, 15) is 54.9 Å². The van der Waals surface area contributed by atoms with Crippen LogP contribution in [0, 0.1) is 23.7 Å². The third kappa shape index (κ3) is 17.3. The van der Waals surface area contributed by atoms with Gasteiger partial charge in [-0.05, 0) is 45.4 Å². The molecule has 7 aliphatic heterocycles. The molecule has 10 bridgehead atoms. The summed E-state index contributed by atoms with van der Waals surface area (Å²) in [6.45, 7) is 23.1. The number of carbonyl (C=O) groups excluding carboxylic acids is 4. The van der Waals surface area contributed by atoms with Crippen LogP contribution in [0.5, 0.6) is 0 Å². The lowest BCUT2D eigenvalue weighted by atomic mass is 9.78. The molecule has 21 heteroatoms. The fourth-order valence-electron chi connectivity index (χ4n) is 14.1. The molecule has 7 rings (SSSR count). The lowest BCUT2D eigenvalue weighted by molar-refractivity contribution is -0.351. The second kappa shape index (κ2) is 28.6. The molecule has 0 unspecified atom stereocenters. The Morgan fingerprint density at radius 2 is 1.48 bits per heavy atom. The van der Waals surface area contributed by atoms with Gasteiger partial charge in [0.1, 0.15) is 36.3 Å². The van der Waals surface area contributed by atoms with Crippen molar-refractivity contribution < 1.29 is 102 Å².